The monoisotopic (exact) mass is 280 g/mol. The largest absolute Gasteiger partial charge is 0.496 e. The first kappa shape index (κ1) is 13.1. The molecule has 0 fully saturated rings. The van der Waals surface area contributed by atoms with E-state index in [1.54, 1.807) is 48.5 Å². The van der Waals surface area contributed by atoms with Crippen molar-refractivity contribution >= 4 is 16.8 Å². The smallest absolute Gasteiger partial charge is 0.347 e. The molecule has 21 heavy (non-hydrogen) atoms. The minimum absolute atomic E-state index is 0.00167. The van der Waals surface area contributed by atoms with Gasteiger partial charge in [0, 0.05) is 5.39 Å². The third-order valence-corrected chi connectivity index (χ3v) is 3.24. The number of para-hydroxylation sites is 2. The fraction of sp³-hybridized carbons (Fsp3) is 0.0588. The lowest BCUT2D eigenvalue weighted by molar-refractivity contribution is 0.103. The van der Waals surface area contributed by atoms with Crippen molar-refractivity contribution in [3.05, 3.63) is 76.1 Å². The van der Waals surface area contributed by atoms with Crippen molar-refractivity contribution < 1.29 is 13.9 Å². The lowest BCUT2D eigenvalue weighted by Crippen LogP contribution is -2.15. The number of ether oxygens (including phenoxy) is 1. The Morgan fingerprint density at radius 1 is 1.00 bits per heavy atom. The second kappa shape index (κ2) is 5.25. The Kier molecular flexibility index (Phi) is 3.28. The van der Waals surface area contributed by atoms with Crippen molar-refractivity contribution in [1.82, 2.24) is 0 Å². The Morgan fingerprint density at radius 2 is 1.71 bits per heavy atom. The predicted octanol–water partition coefficient (Wildman–Crippen LogP) is 3.03. The number of hydrogen-bond acceptors (Lipinski definition) is 4. The molecule has 1 aromatic heterocycles. The molecule has 104 valence electrons. The van der Waals surface area contributed by atoms with Gasteiger partial charge >= 0.3 is 5.63 Å². The van der Waals surface area contributed by atoms with Gasteiger partial charge in [-0.1, -0.05) is 30.3 Å². The number of ketones is 1. The molecule has 0 atom stereocenters. The Labute approximate surface area is 120 Å². The number of carbonyl (C=O) groups is 1. The Bertz CT molecular complexity index is 877. The molecule has 3 aromatic rings. The van der Waals surface area contributed by atoms with E-state index in [1.807, 2.05) is 6.07 Å². The highest BCUT2D eigenvalue weighted by atomic mass is 16.5. The first-order chi connectivity index (χ1) is 10.2. The van der Waals surface area contributed by atoms with Gasteiger partial charge in [-0.15, -0.1) is 0 Å². The summed E-state index contributed by atoms with van der Waals surface area (Å²) in [5.74, 6) is 0.0158. The zero-order chi connectivity index (χ0) is 14.8. The van der Waals surface area contributed by atoms with Gasteiger partial charge in [0.1, 0.15) is 16.9 Å². The summed E-state index contributed by atoms with van der Waals surface area (Å²) in [5, 5.41) is 0.704. The molecule has 1 heterocycles. The lowest BCUT2D eigenvalue weighted by Gasteiger charge is -2.07. The maximum absolute atomic E-state index is 12.6. The second-order valence-corrected chi connectivity index (χ2v) is 4.51. The number of methoxy groups -OCH3 is 1. The van der Waals surface area contributed by atoms with Crippen LogP contribution in [0.15, 0.2) is 63.8 Å². The number of hydrogen-bond donors (Lipinski definition) is 0. The standard InChI is InChI=1S/C17H12O4/c1-20-15-9-5-3-7-12(15)16(18)13-10-11-6-2-4-8-14(11)21-17(13)19/h2-10H,1H3. The highest BCUT2D eigenvalue weighted by molar-refractivity contribution is 6.11. The summed E-state index contributed by atoms with van der Waals surface area (Å²) in [6, 6.07) is 15.4. The van der Waals surface area contributed by atoms with Crippen LogP contribution in [-0.2, 0) is 0 Å². The molecule has 0 radical (unpaired) electrons. The molecule has 2 aromatic carbocycles. The topological polar surface area (TPSA) is 56.5 Å². The van der Waals surface area contributed by atoms with E-state index in [2.05, 4.69) is 0 Å². The summed E-state index contributed by atoms with van der Waals surface area (Å²) < 4.78 is 10.4. The van der Waals surface area contributed by atoms with Gasteiger partial charge in [0.15, 0.2) is 0 Å². The van der Waals surface area contributed by atoms with Crippen molar-refractivity contribution in [2.45, 2.75) is 0 Å². The second-order valence-electron chi connectivity index (χ2n) is 4.51. The van der Waals surface area contributed by atoms with Crippen molar-refractivity contribution in [3.8, 4) is 5.75 Å². The van der Waals surface area contributed by atoms with Crippen LogP contribution in [0.25, 0.3) is 11.0 Å². The van der Waals surface area contributed by atoms with Crippen molar-refractivity contribution in [2.75, 3.05) is 7.11 Å². The number of fused-ring (bicyclic) bond motifs is 1. The number of carbonyl (C=O) groups excluding carboxylic acids is 1. The summed E-state index contributed by atoms with van der Waals surface area (Å²) in [6.45, 7) is 0. The summed E-state index contributed by atoms with van der Waals surface area (Å²) in [6.07, 6.45) is 0. The van der Waals surface area contributed by atoms with Crippen LogP contribution in [0.3, 0.4) is 0 Å². The molecule has 0 aliphatic rings. The van der Waals surface area contributed by atoms with E-state index in [4.69, 9.17) is 9.15 Å². The molecule has 3 rings (SSSR count). The van der Waals surface area contributed by atoms with Gasteiger partial charge in [-0.3, -0.25) is 4.79 Å². The van der Waals surface area contributed by atoms with E-state index in [1.165, 1.54) is 7.11 Å². The van der Waals surface area contributed by atoms with Crippen molar-refractivity contribution in [1.29, 1.82) is 0 Å². The lowest BCUT2D eigenvalue weighted by atomic mass is 10.0. The summed E-state index contributed by atoms with van der Waals surface area (Å²) >= 11 is 0. The minimum atomic E-state index is -0.649. The molecular formula is C17H12O4. The third kappa shape index (κ3) is 2.31. The maximum Gasteiger partial charge on any atom is 0.347 e. The Morgan fingerprint density at radius 3 is 2.52 bits per heavy atom. The molecule has 0 bridgehead atoms. The fourth-order valence-corrected chi connectivity index (χ4v) is 2.20. The molecule has 4 nitrogen and oxygen atoms in total. The quantitative estimate of drug-likeness (QED) is 0.546. The van der Waals surface area contributed by atoms with Gasteiger partial charge in [-0.25, -0.2) is 4.79 Å². The van der Waals surface area contributed by atoms with E-state index in [-0.39, 0.29) is 5.56 Å². The van der Waals surface area contributed by atoms with Gasteiger partial charge in [0.25, 0.3) is 0 Å². The van der Waals surface area contributed by atoms with Gasteiger partial charge in [0.2, 0.25) is 5.78 Å². The van der Waals surface area contributed by atoms with Crippen molar-refractivity contribution in [2.24, 2.45) is 0 Å². The summed E-state index contributed by atoms with van der Waals surface area (Å²) in [7, 11) is 1.48. The molecule has 0 saturated heterocycles. The predicted molar refractivity (Wildman–Crippen MR) is 78.9 cm³/mol. The van der Waals surface area contributed by atoms with Crippen LogP contribution in [0.1, 0.15) is 15.9 Å². The van der Waals surface area contributed by atoms with Crippen LogP contribution in [0.2, 0.25) is 0 Å². The van der Waals surface area contributed by atoms with Gasteiger partial charge in [-0.2, -0.15) is 0 Å². The average Bonchev–Trinajstić information content (AvgIpc) is 2.53. The van der Waals surface area contributed by atoms with Crippen LogP contribution in [0, 0.1) is 0 Å². The first-order valence-corrected chi connectivity index (χ1v) is 6.41. The zero-order valence-electron chi connectivity index (χ0n) is 11.3. The minimum Gasteiger partial charge on any atom is -0.496 e. The molecule has 0 aliphatic heterocycles. The van der Waals surface area contributed by atoms with Crippen LogP contribution in [0.5, 0.6) is 5.75 Å². The maximum atomic E-state index is 12.6. The number of rotatable bonds is 3. The third-order valence-electron chi connectivity index (χ3n) is 3.24. The molecule has 0 spiro atoms. The highest BCUT2D eigenvalue weighted by Gasteiger charge is 2.18. The normalized spacial score (nSPS) is 10.5. The molecule has 0 N–H and O–H groups in total. The molecule has 0 unspecified atom stereocenters. The Hall–Kier alpha value is -2.88. The van der Waals surface area contributed by atoms with Gasteiger partial charge in [-0.05, 0) is 24.3 Å². The van der Waals surface area contributed by atoms with Crippen LogP contribution in [-0.4, -0.2) is 12.9 Å². The SMILES string of the molecule is COc1ccccc1C(=O)c1cc2ccccc2oc1=O. The fourth-order valence-electron chi connectivity index (χ4n) is 2.20. The Balaban J connectivity index is 2.18. The highest BCUT2D eigenvalue weighted by Crippen LogP contribution is 2.21. The van der Waals surface area contributed by atoms with Crippen LogP contribution < -0.4 is 10.4 Å². The van der Waals surface area contributed by atoms with E-state index in [0.717, 1.165) is 0 Å². The molecule has 0 aliphatic carbocycles. The summed E-state index contributed by atoms with van der Waals surface area (Å²) in [4.78, 5) is 24.6. The van der Waals surface area contributed by atoms with Crippen LogP contribution >= 0.6 is 0 Å². The summed E-state index contributed by atoms with van der Waals surface area (Å²) in [5.41, 5.74) is 0.143. The molecule has 4 heteroatoms. The van der Waals surface area contributed by atoms with E-state index < -0.39 is 11.4 Å². The van der Waals surface area contributed by atoms with Crippen LogP contribution in [0.4, 0.5) is 0 Å². The van der Waals surface area contributed by atoms with Gasteiger partial charge < -0.3 is 9.15 Å². The van der Waals surface area contributed by atoms with Gasteiger partial charge in [0.05, 0.1) is 12.7 Å². The molecule has 0 amide bonds. The van der Waals surface area contributed by atoms with Crippen molar-refractivity contribution in [3.63, 3.8) is 0 Å². The van der Waals surface area contributed by atoms with E-state index in [0.29, 0.717) is 22.3 Å². The molecular weight excluding hydrogens is 268 g/mol. The van der Waals surface area contributed by atoms with E-state index >= 15 is 0 Å². The number of benzene rings is 2. The molecule has 0 saturated carbocycles. The first-order valence-electron chi connectivity index (χ1n) is 6.41. The van der Waals surface area contributed by atoms with E-state index in [9.17, 15) is 9.59 Å². The average molecular weight is 280 g/mol. The zero-order valence-corrected chi connectivity index (χ0v) is 11.3.